The largest absolute Gasteiger partial charge is 0.491 e. The Morgan fingerprint density at radius 3 is 2.75 bits per heavy atom. The monoisotopic (exact) mass is 276 g/mol. The molecular formula is C16H24N2O2. The molecule has 0 aliphatic rings. The molecule has 1 rings (SSSR count). The van der Waals surface area contributed by atoms with Gasteiger partial charge in [0.2, 0.25) is 0 Å². The zero-order valence-corrected chi connectivity index (χ0v) is 12.5. The van der Waals surface area contributed by atoms with Crippen molar-refractivity contribution in [2.24, 2.45) is 0 Å². The highest BCUT2D eigenvalue weighted by Gasteiger charge is 2.15. The Hall–Kier alpha value is -1.57. The molecule has 0 amide bonds. The summed E-state index contributed by atoms with van der Waals surface area (Å²) in [5.41, 5.74) is 0.562. The fourth-order valence-electron chi connectivity index (χ4n) is 2.05. The molecule has 110 valence electrons. The molecule has 2 atom stereocenters. The molecule has 4 heteroatoms. The van der Waals surface area contributed by atoms with Crippen LogP contribution in [-0.2, 0) is 0 Å². The van der Waals surface area contributed by atoms with Gasteiger partial charge >= 0.3 is 0 Å². The first-order valence-corrected chi connectivity index (χ1v) is 7.15. The molecule has 0 spiro atoms. The number of likely N-dealkylation sites (N-methyl/N-ethyl adjacent to an activating group) is 1. The summed E-state index contributed by atoms with van der Waals surface area (Å²) < 4.78 is 5.54. The van der Waals surface area contributed by atoms with E-state index in [1.165, 1.54) is 0 Å². The zero-order chi connectivity index (χ0) is 15.0. The Kier molecular flexibility index (Phi) is 7.06. The molecule has 1 N–H and O–H groups in total. The number of nitriles is 1. The van der Waals surface area contributed by atoms with E-state index in [0.717, 1.165) is 13.0 Å². The Morgan fingerprint density at radius 2 is 2.15 bits per heavy atom. The van der Waals surface area contributed by atoms with Gasteiger partial charge in [-0.05, 0) is 38.1 Å². The van der Waals surface area contributed by atoms with E-state index in [1.54, 1.807) is 24.3 Å². The van der Waals surface area contributed by atoms with Crippen molar-refractivity contribution < 1.29 is 9.84 Å². The number of hydrogen-bond acceptors (Lipinski definition) is 4. The van der Waals surface area contributed by atoms with Gasteiger partial charge in [-0.2, -0.15) is 5.26 Å². The van der Waals surface area contributed by atoms with Crippen molar-refractivity contribution in [1.82, 2.24) is 4.90 Å². The Bertz CT molecular complexity index is 442. The third-order valence-electron chi connectivity index (χ3n) is 3.47. The molecule has 1 aromatic rings. The van der Waals surface area contributed by atoms with E-state index in [4.69, 9.17) is 10.00 Å². The summed E-state index contributed by atoms with van der Waals surface area (Å²) in [5, 5.41) is 18.9. The normalized spacial score (nSPS) is 13.8. The second kappa shape index (κ2) is 8.57. The molecule has 2 unspecified atom stereocenters. The average Bonchev–Trinajstić information content (AvgIpc) is 2.50. The van der Waals surface area contributed by atoms with Gasteiger partial charge in [-0.1, -0.05) is 19.9 Å². The topological polar surface area (TPSA) is 56.5 Å². The summed E-state index contributed by atoms with van der Waals surface area (Å²) in [6.07, 6.45) is 0.528. The second-order valence-corrected chi connectivity index (χ2v) is 4.95. The number of aliphatic hydroxyl groups is 1. The third-order valence-corrected chi connectivity index (χ3v) is 3.47. The van der Waals surface area contributed by atoms with Gasteiger partial charge in [-0.3, -0.25) is 4.90 Å². The molecule has 0 saturated carbocycles. The number of aliphatic hydroxyl groups excluding tert-OH is 1. The number of hydrogen-bond donors (Lipinski definition) is 1. The fourth-order valence-corrected chi connectivity index (χ4v) is 2.05. The van der Waals surface area contributed by atoms with E-state index in [1.807, 2.05) is 0 Å². The Balaban J connectivity index is 2.46. The van der Waals surface area contributed by atoms with E-state index in [-0.39, 0.29) is 6.61 Å². The summed E-state index contributed by atoms with van der Waals surface area (Å²) in [6.45, 7) is 8.15. The van der Waals surface area contributed by atoms with Crippen molar-refractivity contribution in [2.45, 2.75) is 39.3 Å². The first-order chi connectivity index (χ1) is 9.60. The predicted octanol–water partition coefficient (Wildman–Crippen LogP) is 2.42. The lowest BCUT2D eigenvalue weighted by molar-refractivity contribution is 0.0563. The van der Waals surface area contributed by atoms with E-state index in [9.17, 15) is 5.11 Å². The zero-order valence-electron chi connectivity index (χ0n) is 12.5. The van der Waals surface area contributed by atoms with Gasteiger partial charge in [-0.15, -0.1) is 0 Å². The van der Waals surface area contributed by atoms with E-state index in [0.29, 0.717) is 23.9 Å². The summed E-state index contributed by atoms with van der Waals surface area (Å²) >= 11 is 0. The molecule has 0 aliphatic carbocycles. The minimum absolute atomic E-state index is 0.238. The lowest BCUT2D eigenvalue weighted by atomic mass is 10.2. The Labute approximate surface area is 121 Å². The summed E-state index contributed by atoms with van der Waals surface area (Å²) in [7, 11) is 0. The van der Waals surface area contributed by atoms with Crippen LogP contribution in [0, 0.1) is 11.3 Å². The highest BCUT2D eigenvalue weighted by molar-refractivity contribution is 5.36. The summed E-state index contributed by atoms with van der Waals surface area (Å²) in [6, 6.07) is 9.50. The Morgan fingerprint density at radius 1 is 1.40 bits per heavy atom. The quantitative estimate of drug-likeness (QED) is 0.792. The van der Waals surface area contributed by atoms with Crippen LogP contribution in [0.25, 0.3) is 0 Å². The van der Waals surface area contributed by atoms with Crippen LogP contribution < -0.4 is 4.74 Å². The van der Waals surface area contributed by atoms with Crippen LogP contribution in [0.15, 0.2) is 24.3 Å². The molecule has 0 radical (unpaired) electrons. The van der Waals surface area contributed by atoms with Crippen LogP contribution in [0.5, 0.6) is 5.75 Å². The first kappa shape index (κ1) is 16.5. The van der Waals surface area contributed by atoms with Crippen LogP contribution in [0.1, 0.15) is 32.8 Å². The molecule has 20 heavy (non-hydrogen) atoms. The molecule has 0 aromatic heterocycles. The molecule has 4 nitrogen and oxygen atoms in total. The van der Waals surface area contributed by atoms with Gasteiger partial charge in [0.05, 0.1) is 11.6 Å². The van der Waals surface area contributed by atoms with Crippen molar-refractivity contribution in [3.8, 4) is 11.8 Å². The predicted molar refractivity (Wildman–Crippen MR) is 79.7 cm³/mol. The van der Waals surface area contributed by atoms with Crippen molar-refractivity contribution in [1.29, 1.82) is 5.26 Å². The first-order valence-electron chi connectivity index (χ1n) is 7.15. The maximum absolute atomic E-state index is 10.1. The number of benzene rings is 1. The van der Waals surface area contributed by atoms with Crippen molar-refractivity contribution in [3.05, 3.63) is 29.8 Å². The number of rotatable bonds is 8. The van der Waals surface area contributed by atoms with Crippen LogP contribution in [-0.4, -0.2) is 41.8 Å². The molecular weight excluding hydrogens is 252 g/mol. The molecule has 0 bridgehead atoms. The van der Waals surface area contributed by atoms with Gasteiger partial charge < -0.3 is 9.84 Å². The van der Waals surface area contributed by atoms with Crippen LogP contribution in [0.2, 0.25) is 0 Å². The average molecular weight is 276 g/mol. The number of nitrogens with zero attached hydrogens (tertiary/aromatic N) is 2. The van der Waals surface area contributed by atoms with Gasteiger partial charge in [0.1, 0.15) is 18.5 Å². The van der Waals surface area contributed by atoms with Crippen molar-refractivity contribution in [3.63, 3.8) is 0 Å². The van der Waals surface area contributed by atoms with Crippen LogP contribution in [0.4, 0.5) is 0 Å². The van der Waals surface area contributed by atoms with Crippen LogP contribution in [0.3, 0.4) is 0 Å². The minimum Gasteiger partial charge on any atom is -0.491 e. The molecule has 1 aromatic carbocycles. The van der Waals surface area contributed by atoms with Gasteiger partial charge in [-0.25, -0.2) is 0 Å². The smallest absolute Gasteiger partial charge is 0.120 e. The highest BCUT2D eigenvalue weighted by Crippen LogP contribution is 2.13. The van der Waals surface area contributed by atoms with Gasteiger partial charge in [0.15, 0.2) is 0 Å². The van der Waals surface area contributed by atoms with Gasteiger partial charge in [0, 0.05) is 12.6 Å². The minimum atomic E-state index is -0.533. The van der Waals surface area contributed by atoms with Gasteiger partial charge in [0.25, 0.3) is 0 Å². The lowest BCUT2D eigenvalue weighted by Gasteiger charge is -2.29. The lowest BCUT2D eigenvalue weighted by Crippen LogP contribution is -2.40. The fraction of sp³-hybridized carbons (Fsp3) is 0.562. The highest BCUT2D eigenvalue weighted by atomic mass is 16.5. The second-order valence-electron chi connectivity index (χ2n) is 4.95. The summed E-state index contributed by atoms with van der Waals surface area (Å²) in [4.78, 5) is 2.24. The third kappa shape index (κ3) is 5.20. The number of ether oxygens (including phenoxy) is 1. The van der Waals surface area contributed by atoms with Crippen LogP contribution >= 0.6 is 0 Å². The maximum atomic E-state index is 10.1. The van der Waals surface area contributed by atoms with E-state index < -0.39 is 6.10 Å². The standard InChI is InChI=1S/C16H24N2O2/c1-4-13(3)18(5-2)11-15(19)12-20-16-8-6-7-14(9-16)10-17/h6-9,13,15,19H,4-5,11-12H2,1-3H3. The molecule has 0 heterocycles. The summed E-state index contributed by atoms with van der Waals surface area (Å²) in [5.74, 6) is 0.620. The molecule has 0 fully saturated rings. The molecule has 0 saturated heterocycles. The van der Waals surface area contributed by atoms with Crippen molar-refractivity contribution in [2.75, 3.05) is 19.7 Å². The molecule has 0 aliphatic heterocycles. The SMILES string of the molecule is CCC(C)N(CC)CC(O)COc1cccc(C#N)c1. The van der Waals surface area contributed by atoms with E-state index in [2.05, 4.69) is 31.7 Å². The van der Waals surface area contributed by atoms with Crippen molar-refractivity contribution >= 4 is 0 Å². The van der Waals surface area contributed by atoms with E-state index >= 15 is 0 Å². The maximum Gasteiger partial charge on any atom is 0.120 e.